The summed E-state index contributed by atoms with van der Waals surface area (Å²) < 4.78 is 5.29. The van der Waals surface area contributed by atoms with Crippen molar-refractivity contribution < 1.29 is 9.32 Å². The Morgan fingerprint density at radius 2 is 2.24 bits per heavy atom. The maximum Gasteiger partial charge on any atom is 0.226 e. The van der Waals surface area contributed by atoms with Crippen molar-refractivity contribution in [1.82, 2.24) is 15.0 Å². The molecule has 1 unspecified atom stereocenters. The third-order valence-electron chi connectivity index (χ3n) is 6.07. The molecular formula is C20H29N3O2. The van der Waals surface area contributed by atoms with Crippen LogP contribution in [0.5, 0.6) is 0 Å². The lowest BCUT2D eigenvalue weighted by Crippen LogP contribution is -2.49. The van der Waals surface area contributed by atoms with Gasteiger partial charge in [-0.25, -0.2) is 0 Å². The first-order valence-corrected chi connectivity index (χ1v) is 9.91. The molecule has 1 amide bonds. The van der Waals surface area contributed by atoms with Gasteiger partial charge in [-0.05, 0) is 50.9 Å². The lowest BCUT2D eigenvalue weighted by molar-refractivity contribution is -0.133. The molecule has 4 rings (SSSR count). The number of aryl methyl sites for hydroxylation is 1. The number of nitrogens with zero attached hydrogens (tertiary/aromatic N) is 3. The molecule has 1 aliphatic heterocycles. The van der Waals surface area contributed by atoms with Crippen molar-refractivity contribution in [3.63, 3.8) is 0 Å². The normalized spacial score (nSPS) is 27.2. The zero-order valence-corrected chi connectivity index (χ0v) is 15.3. The molecule has 0 N–H and O–H groups in total. The Balaban J connectivity index is 1.50. The van der Waals surface area contributed by atoms with E-state index in [-0.39, 0.29) is 11.3 Å². The minimum atomic E-state index is -0.103. The Kier molecular flexibility index (Phi) is 4.65. The summed E-state index contributed by atoms with van der Waals surface area (Å²) in [6, 6.07) is 0. The maximum atomic E-state index is 12.9. The van der Waals surface area contributed by atoms with Gasteiger partial charge in [-0.1, -0.05) is 29.6 Å². The Bertz CT molecular complexity index is 662. The van der Waals surface area contributed by atoms with Crippen molar-refractivity contribution in [2.24, 2.45) is 5.92 Å². The molecule has 1 aromatic rings. The molecule has 0 bridgehead atoms. The molecule has 2 heterocycles. The third-order valence-corrected chi connectivity index (χ3v) is 6.07. The Morgan fingerprint density at radius 3 is 2.92 bits per heavy atom. The van der Waals surface area contributed by atoms with Gasteiger partial charge in [-0.15, -0.1) is 0 Å². The zero-order valence-electron chi connectivity index (χ0n) is 15.3. The topological polar surface area (TPSA) is 59.2 Å². The predicted octanol–water partition coefficient (Wildman–Crippen LogP) is 3.93. The van der Waals surface area contributed by atoms with Crippen LogP contribution in [-0.4, -0.2) is 34.0 Å². The van der Waals surface area contributed by atoms with Crippen LogP contribution in [0.4, 0.5) is 0 Å². The predicted molar refractivity (Wildman–Crippen MR) is 95.0 cm³/mol. The minimum absolute atomic E-state index is 0.103. The minimum Gasteiger partial charge on any atom is -0.341 e. The molecule has 0 spiro atoms. The van der Waals surface area contributed by atoms with Gasteiger partial charge >= 0.3 is 0 Å². The van der Waals surface area contributed by atoms with E-state index in [2.05, 4.69) is 21.1 Å². The molecule has 3 aliphatic rings. The lowest BCUT2D eigenvalue weighted by atomic mass is 9.74. The van der Waals surface area contributed by atoms with Crippen LogP contribution < -0.4 is 0 Å². The fraction of sp³-hybridized carbons (Fsp3) is 0.750. The van der Waals surface area contributed by atoms with Crippen molar-refractivity contribution in [1.29, 1.82) is 0 Å². The van der Waals surface area contributed by atoms with Gasteiger partial charge in [0.2, 0.25) is 11.8 Å². The number of amides is 1. The van der Waals surface area contributed by atoms with E-state index < -0.39 is 0 Å². The number of aromatic nitrogens is 2. The van der Waals surface area contributed by atoms with Gasteiger partial charge in [0, 0.05) is 26.4 Å². The first-order valence-electron chi connectivity index (χ1n) is 9.91. The third kappa shape index (κ3) is 3.80. The summed E-state index contributed by atoms with van der Waals surface area (Å²) in [4.78, 5) is 19.6. The molecule has 5 heteroatoms. The van der Waals surface area contributed by atoms with Crippen molar-refractivity contribution in [3.8, 4) is 0 Å². The number of hydrogen-bond acceptors (Lipinski definition) is 4. The summed E-state index contributed by atoms with van der Waals surface area (Å²) in [5, 5.41) is 4.27. The molecule has 2 aliphatic carbocycles. The molecule has 5 nitrogen and oxygen atoms in total. The van der Waals surface area contributed by atoms with Crippen LogP contribution in [0.2, 0.25) is 0 Å². The summed E-state index contributed by atoms with van der Waals surface area (Å²) in [6.45, 7) is 3.48. The van der Waals surface area contributed by atoms with Gasteiger partial charge in [0.25, 0.3) is 0 Å². The fourth-order valence-electron chi connectivity index (χ4n) is 4.55. The van der Waals surface area contributed by atoms with Gasteiger partial charge in [0.15, 0.2) is 5.82 Å². The lowest BCUT2D eigenvalue weighted by Gasteiger charge is -2.41. The molecular weight excluding hydrogens is 314 g/mol. The highest BCUT2D eigenvalue weighted by atomic mass is 16.5. The average Bonchev–Trinajstić information content (AvgIpc) is 3.32. The van der Waals surface area contributed by atoms with Crippen LogP contribution in [0.15, 0.2) is 16.2 Å². The van der Waals surface area contributed by atoms with Crippen LogP contribution in [0.1, 0.15) is 75.9 Å². The van der Waals surface area contributed by atoms with Crippen LogP contribution in [0, 0.1) is 12.8 Å². The van der Waals surface area contributed by atoms with Crippen LogP contribution >= 0.6 is 0 Å². The highest BCUT2D eigenvalue weighted by Gasteiger charge is 2.45. The van der Waals surface area contributed by atoms with Gasteiger partial charge in [0.1, 0.15) is 0 Å². The van der Waals surface area contributed by atoms with Gasteiger partial charge in [-0.2, -0.15) is 4.98 Å². The van der Waals surface area contributed by atoms with E-state index in [4.69, 9.17) is 4.52 Å². The Labute approximate surface area is 149 Å². The maximum absolute atomic E-state index is 12.9. The van der Waals surface area contributed by atoms with E-state index in [0.29, 0.717) is 12.3 Å². The van der Waals surface area contributed by atoms with Crippen LogP contribution in [0.25, 0.3) is 0 Å². The first-order chi connectivity index (χ1) is 12.1. The number of likely N-dealkylation sites (tertiary alicyclic amines) is 1. The summed E-state index contributed by atoms with van der Waals surface area (Å²) >= 11 is 0. The average molecular weight is 343 g/mol. The summed E-state index contributed by atoms with van der Waals surface area (Å²) in [6.07, 6.45) is 13.4. The van der Waals surface area contributed by atoms with Crippen LogP contribution in [-0.2, 0) is 10.2 Å². The summed E-state index contributed by atoms with van der Waals surface area (Å²) in [5.41, 5.74) is 1.23. The van der Waals surface area contributed by atoms with Crippen molar-refractivity contribution >= 4 is 5.91 Å². The van der Waals surface area contributed by atoms with Gasteiger partial charge in [0.05, 0.1) is 5.41 Å². The number of allylic oxidation sites excluding steroid dienone is 1. The second kappa shape index (κ2) is 6.93. The van der Waals surface area contributed by atoms with E-state index in [0.717, 1.165) is 56.9 Å². The summed E-state index contributed by atoms with van der Waals surface area (Å²) in [5.74, 6) is 2.51. The molecule has 0 aromatic carbocycles. The molecule has 0 radical (unpaired) electrons. The number of rotatable bonds is 5. The van der Waals surface area contributed by atoms with Crippen molar-refractivity contribution in [3.05, 3.63) is 23.4 Å². The standard InChI is InChI=1S/C20H29N3O2/c1-15-21-19(22-25-15)20(13-17-8-9-17)10-5-11-23(14-20)18(24)12-16-6-3-2-4-7-16/h6,17H,2-5,7-14H2,1H3. The van der Waals surface area contributed by atoms with E-state index in [1.807, 2.05) is 6.92 Å². The Morgan fingerprint density at radius 1 is 1.36 bits per heavy atom. The van der Waals surface area contributed by atoms with Crippen molar-refractivity contribution in [2.75, 3.05) is 13.1 Å². The molecule has 1 aromatic heterocycles. The molecule has 25 heavy (non-hydrogen) atoms. The van der Waals surface area contributed by atoms with E-state index >= 15 is 0 Å². The van der Waals surface area contributed by atoms with E-state index in [1.54, 1.807) is 0 Å². The number of carbonyl (C=O) groups excluding carboxylic acids is 1. The van der Waals surface area contributed by atoms with E-state index in [1.165, 1.54) is 31.3 Å². The summed E-state index contributed by atoms with van der Waals surface area (Å²) in [7, 11) is 0. The fourth-order valence-corrected chi connectivity index (χ4v) is 4.55. The Hall–Kier alpha value is -1.65. The van der Waals surface area contributed by atoms with Gasteiger partial charge in [-0.3, -0.25) is 4.79 Å². The SMILES string of the molecule is Cc1nc(C2(CC3CC3)CCCN(C(=O)CC3=CCCCC3)C2)no1. The van der Waals surface area contributed by atoms with E-state index in [9.17, 15) is 4.79 Å². The first kappa shape index (κ1) is 16.8. The second-order valence-corrected chi connectivity index (χ2v) is 8.27. The van der Waals surface area contributed by atoms with Crippen LogP contribution in [0.3, 0.4) is 0 Å². The highest BCUT2D eigenvalue weighted by Crippen LogP contribution is 2.45. The number of piperidine rings is 1. The molecule has 2 fully saturated rings. The largest absolute Gasteiger partial charge is 0.341 e. The van der Waals surface area contributed by atoms with Crippen molar-refractivity contribution in [2.45, 2.75) is 76.5 Å². The smallest absolute Gasteiger partial charge is 0.226 e. The molecule has 136 valence electrons. The molecule has 1 saturated carbocycles. The van der Waals surface area contributed by atoms with Gasteiger partial charge < -0.3 is 9.42 Å². The number of hydrogen-bond donors (Lipinski definition) is 0. The second-order valence-electron chi connectivity index (χ2n) is 8.27. The monoisotopic (exact) mass is 343 g/mol. The zero-order chi connectivity index (χ0) is 17.3. The number of carbonyl (C=O) groups is 1. The highest BCUT2D eigenvalue weighted by molar-refractivity contribution is 5.79. The molecule has 1 atom stereocenters. The quantitative estimate of drug-likeness (QED) is 0.760. The molecule has 1 saturated heterocycles.